The van der Waals surface area contributed by atoms with E-state index in [2.05, 4.69) is 9.88 Å². The minimum absolute atomic E-state index is 0.0957. The van der Waals surface area contributed by atoms with Gasteiger partial charge in [-0.1, -0.05) is 36.4 Å². The minimum atomic E-state index is -0.0957. The first-order valence-electron chi connectivity index (χ1n) is 9.80. The largest absolute Gasteiger partial charge is 0.335 e. The molecule has 30 heavy (non-hydrogen) atoms. The maximum atomic E-state index is 12.8. The smallest absolute Gasteiger partial charge is 0.264 e. The molecule has 0 atom stereocenters. The van der Waals surface area contributed by atoms with E-state index in [4.69, 9.17) is 4.98 Å². The summed E-state index contributed by atoms with van der Waals surface area (Å²) in [5, 5.41) is 4.58. The van der Waals surface area contributed by atoms with Gasteiger partial charge in [0.2, 0.25) is 0 Å². The number of nitrogens with one attached hydrogen (secondary N) is 1. The second-order valence-corrected chi connectivity index (χ2v) is 9.06. The molecule has 3 aromatic heterocycles. The monoisotopic (exact) mass is 436 g/mol. The molecule has 152 valence electrons. The molecule has 1 aliphatic rings. The summed E-state index contributed by atoms with van der Waals surface area (Å²) < 4.78 is 0. The van der Waals surface area contributed by atoms with Gasteiger partial charge in [0.1, 0.15) is 10.7 Å². The van der Waals surface area contributed by atoms with Crippen LogP contribution in [0.3, 0.4) is 0 Å². The van der Waals surface area contributed by atoms with Gasteiger partial charge in [-0.15, -0.1) is 22.7 Å². The highest BCUT2D eigenvalue weighted by molar-refractivity contribution is 7.17. The van der Waals surface area contributed by atoms with Crippen molar-refractivity contribution in [2.24, 2.45) is 0 Å². The Bertz CT molecular complexity index is 1220. The van der Waals surface area contributed by atoms with Crippen molar-refractivity contribution >= 4 is 38.8 Å². The molecule has 1 N–H and O–H groups in total. The lowest BCUT2D eigenvalue weighted by Gasteiger charge is -2.34. The first-order chi connectivity index (χ1) is 14.7. The molecular formula is C22H20N4O2S2. The van der Waals surface area contributed by atoms with Crippen LogP contribution >= 0.6 is 22.7 Å². The van der Waals surface area contributed by atoms with E-state index in [0.717, 1.165) is 33.9 Å². The topological polar surface area (TPSA) is 69.3 Å². The maximum Gasteiger partial charge on any atom is 0.264 e. The number of carbonyl (C=O) groups is 1. The van der Waals surface area contributed by atoms with Crippen molar-refractivity contribution in [3.05, 3.63) is 74.3 Å². The van der Waals surface area contributed by atoms with Gasteiger partial charge < -0.3 is 9.88 Å². The number of thiophene rings is 2. The molecule has 1 fully saturated rings. The average Bonchev–Trinajstić information content (AvgIpc) is 3.45. The fraction of sp³-hybridized carbons (Fsp3) is 0.227. The van der Waals surface area contributed by atoms with Crippen LogP contribution in [0.5, 0.6) is 0 Å². The molecule has 1 amide bonds. The molecule has 0 saturated carbocycles. The van der Waals surface area contributed by atoms with Crippen LogP contribution in [0.4, 0.5) is 0 Å². The van der Waals surface area contributed by atoms with E-state index >= 15 is 0 Å². The highest BCUT2D eigenvalue weighted by Gasteiger charge is 2.23. The molecule has 1 aliphatic heterocycles. The molecule has 1 aromatic carbocycles. The van der Waals surface area contributed by atoms with Gasteiger partial charge in [-0.05, 0) is 17.0 Å². The van der Waals surface area contributed by atoms with E-state index in [1.54, 1.807) is 0 Å². The van der Waals surface area contributed by atoms with Gasteiger partial charge in [-0.25, -0.2) is 4.98 Å². The van der Waals surface area contributed by atoms with Crippen molar-refractivity contribution in [3.63, 3.8) is 0 Å². The average molecular weight is 437 g/mol. The number of piperazine rings is 1. The summed E-state index contributed by atoms with van der Waals surface area (Å²) in [7, 11) is 0. The van der Waals surface area contributed by atoms with Crippen LogP contribution in [0, 0.1) is 0 Å². The molecule has 0 unspecified atom stereocenters. The number of aromatic nitrogens is 2. The molecule has 4 heterocycles. The Labute approximate surface area is 181 Å². The highest BCUT2D eigenvalue weighted by Crippen LogP contribution is 2.30. The normalized spacial score (nSPS) is 15.0. The number of amides is 1. The van der Waals surface area contributed by atoms with Crippen molar-refractivity contribution < 1.29 is 4.79 Å². The van der Waals surface area contributed by atoms with Crippen molar-refractivity contribution in [2.45, 2.75) is 6.54 Å². The zero-order valence-electron chi connectivity index (χ0n) is 16.2. The molecule has 8 heteroatoms. The number of fused-ring (bicyclic) bond motifs is 1. The molecule has 1 saturated heterocycles. The maximum absolute atomic E-state index is 12.8. The van der Waals surface area contributed by atoms with Gasteiger partial charge in [0.05, 0.1) is 16.8 Å². The lowest BCUT2D eigenvalue weighted by molar-refractivity contribution is 0.0630. The molecular weight excluding hydrogens is 416 g/mol. The van der Waals surface area contributed by atoms with E-state index in [1.807, 2.05) is 58.1 Å². The summed E-state index contributed by atoms with van der Waals surface area (Å²) in [5.41, 5.74) is 1.86. The molecule has 0 spiro atoms. The second-order valence-electron chi connectivity index (χ2n) is 7.25. The van der Waals surface area contributed by atoms with E-state index in [-0.39, 0.29) is 11.5 Å². The Morgan fingerprint density at radius 2 is 1.83 bits per heavy atom. The van der Waals surface area contributed by atoms with Crippen LogP contribution in [-0.4, -0.2) is 51.9 Å². The number of H-pyrrole nitrogens is 1. The van der Waals surface area contributed by atoms with Crippen molar-refractivity contribution in [3.8, 4) is 11.1 Å². The van der Waals surface area contributed by atoms with E-state index in [0.29, 0.717) is 30.8 Å². The first kappa shape index (κ1) is 19.2. The number of benzene rings is 1. The van der Waals surface area contributed by atoms with Crippen LogP contribution in [0.2, 0.25) is 0 Å². The van der Waals surface area contributed by atoms with Crippen LogP contribution in [0.1, 0.15) is 15.5 Å². The van der Waals surface area contributed by atoms with Gasteiger partial charge in [-0.2, -0.15) is 0 Å². The SMILES string of the molecule is O=C(c1cccs1)N1CCN(Cc2nc3scc(-c4ccccc4)c3c(=O)[nH]2)CC1. The molecule has 6 nitrogen and oxygen atoms in total. The predicted molar refractivity (Wildman–Crippen MR) is 121 cm³/mol. The quantitative estimate of drug-likeness (QED) is 0.530. The van der Waals surface area contributed by atoms with E-state index in [1.165, 1.54) is 22.7 Å². The van der Waals surface area contributed by atoms with E-state index < -0.39 is 0 Å². The minimum Gasteiger partial charge on any atom is -0.335 e. The zero-order chi connectivity index (χ0) is 20.5. The third kappa shape index (κ3) is 3.69. The van der Waals surface area contributed by atoms with Crippen LogP contribution in [0.15, 0.2) is 58.0 Å². The summed E-state index contributed by atoms with van der Waals surface area (Å²) in [4.78, 5) is 38.7. The van der Waals surface area contributed by atoms with Crippen LogP contribution in [0.25, 0.3) is 21.3 Å². The Balaban J connectivity index is 1.30. The first-order valence-corrected chi connectivity index (χ1v) is 11.6. The molecule has 0 radical (unpaired) electrons. The van der Waals surface area contributed by atoms with Gasteiger partial charge in [-0.3, -0.25) is 14.5 Å². The van der Waals surface area contributed by atoms with Crippen molar-refractivity contribution in [2.75, 3.05) is 26.2 Å². The molecule has 5 rings (SSSR count). The standard InChI is InChI=1S/C22H20N4O2S2/c27-20-19-16(15-5-2-1-3-6-15)14-30-21(19)24-18(23-20)13-25-8-10-26(11-9-25)22(28)17-7-4-12-29-17/h1-7,12,14H,8-11,13H2,(H,23,24,27). The fourth-order valence-corrected chi connectivity index (χ4v) is 5.43. The Hall–Kier alpha value is -2.81. The lowest BCUT2D eigenvalue weighted by atomic mass is 10.1. The fourth-order valence-electron chi connectivity index (χ4n) is 3.78. The Morgan fingerprint density at radius 3 is 2.57 bits per heavy atom. The third-order valence-electron chi connectivity index (χ3n) is 5.34. The third-order valence-corrected chi connectivity index (χ3v) is 7.07. The summed E-state index contributed by atoms with van der Waals surface area (Å²) in [6.45, 7) is 3.46. The predicted octanol–water partition coefficient (Wildman–Crippen LogP) is 3.67. The van der Waals surface area contributed by atoms with Crippen LogP contribution in [-0.2, 0) is 6.54 Å². The number of hydrogen-bond donors (Lipinski definition) is 1. The lowest BCUT2D eigenvalue weighted by Crippen LogP contribution is -2.48. The van der Waals surface area contributed by atoms with Crippen molar-refractivity contribution in [1.82, 2.24) is 19.8 Å². The summed E-state index contributed by atoms with van der Waals surface area (Å²) in [5.74, 6) is 0.775. The number of nitrogens with zero attached hydrogens (tertiary/aromatic N) is 3. The van der Waals surface area contributed by atoms with E-state index in [9.17, 15) is 9.59 Å². The Kier molecular flexibility index (Phi) is 5.20. The van der Waals surface area contributed by atoms with Gasteiger partial charge in [0.15, 0.2) is 0 Å². The van der Waals surface area contributed by atoms with Gasteiger partial charge in [0.25, 0.3) is 11.5 Å². The summed E-state index contributed by atoms with van der Waals surface area (Å²) >= 11 is 2.98. The van der Waals surface area contributed by atoms with Gasteiger partial charge in [0, 0.05) is 37.1 Å². The molecule has 4 aromatic rings. The summed E-state index contributed by atoms with van der Waals surface area (Å²) in [6.07, 6.45) is 0. The number of rotatable bonds is 4. The molecule has 0 bridgehead atoms. The van der Waals surface area contributed by atoms with Crippen molar-refractivity contribution in [1.29, 1.82) is 0 Å². The highest BCUT2D eigenvalue weighted by atomic mass is 32.1. The molecule has 0 aliphatic carbocycles. The Morgan fingerprint density at radius 1 is 1.03 bits per heavy atom. The number of hydrogen-bond acceptors (Lipinski definition) is 6. The zero-order valence-corrected chi connectivity index (χ0v) is 17.8. The second kappa shape index (κ2) is 8.14. The van der Waals surface area contributed by atoms with Crippen LogP contribution < -0.4 is 5.56 Å². The summed E-state index contributed by atoms with van der Waals surface area (Å²) in [6, 6.07) is 13.7. The number of carbonyl (C=O) groups excluding carboxylic acids is 1. The van der Waals surface area contributed by atoms with Gasteiger partial charge >= 0.3 is 0 Å². The number of aromatic amines is 1.